The number of carboxylic acid groups (broad SMARTS) is 4. The number of aryl methyl sites for hydroxylation is 1. The van der Waals surface area contributed by atoms with Crippen LogP contribution in [0.25, 0.3) is 16.6 Å². The summed E-state index contributed by atoms with van der Waals surface area (Å²) in [5, 5.41) is 28.5. The van der Waals surface area contributed by atoms with Gasteiger partial charge in [-0.3, -0.25) is 19.8 Å². The number of piperazine rings is 1. The fraction of sp³-hybridized carbons (Fsp3) is 0.344. The number of hydrogen-bond acceptors (Lipinski definition) is 9. The van der Waals surface area contributed by atoms with Crippen LogP contribution in [-0.2, 0) is 25.7 Å². The maximum Gasteiger partial charge on any atom is 0.490 e. The summed E-state index contributed by atoms with van der Waals surface area (Å²) in [5.41, 5.74) is 6.76. The first-order valence-corrected chi connectivity index (χ1v) is 15.4. The fourth-order valence-corrected chi connectivity index (χ4v) is 4.27. The summed E-state index contributed by atoms with van der Waals surface area (Å²) in [5.74, 6) is -11.0. The smallest absolute Gasteiger partial charge is 0.475 e. The molecule has 1 fully saturated rings. The number of fused-ring (bicyclic) bond motifs is 1. The lowest BCUT2D eigenvalue weighted by Gasteiger charge is -2.38. The fourth-order valence-electron chi connectivity index (χ4n) is 4.27. The van der Waals surface area contributed by atoms with Crippen molar-refractivity contribution in [2.75, 3.05) is 26.7 Å². The maximum absolute atomic E-state index is 10.6. The summed E-state index contributed by atoms with van der Waals surface area (Å²) in [6.45, 7) is 5.93. The van der Waals surface area contributed by atoms with Gasteiger partial charge in [-0.25, -0.2) is 24.2 Å². The molecule has 4 aromatic rings. The Morgan fingerprint density at radius 1 is 0.707 bits per heavy atom. The quantitative estimate of drug-likeness (QED) is 0.172. The molecule has 0 radical (unpaired) electrons. The van der Waals surface area contributed by atoms with Crippen molar-refractivity contribution in [3.63, 3.8) is 0 Å². The molecule has 0 bridgehead atoms. The lowest BCUT2D eigenvalue weighted by Crippen LogP contribution is -2.46. The van der Waals surface area contributed by atoms with Gasteiger partial charge in [-0.15, -0.1) is 0 Å². The number of aliphatic carboxylic acids is 4. The van der Waals surface area contributed by atoms with E-state index in [0.29, 0.717) is 0 Å². The number of aromatic nitrogens is 4. The molecule has 1 aliphatic rings. The predicted molar refractivity (Wildman–Crippen MR) is 173 cm³/mol. The van der Waals surface area contributed by atoms with Crippen LogP contribution in [0.2, 0.25) is 0 Å². The van der Waals surface area contributed by atoms with Crippen molar-refractivity contribution in [1.29, 1.82) is 0 Å². The van der Waals surface area contributed by atoms with E-state index in [4.69, 9.17) is 44.6 Å². The summed E-state index contributed by atoms with van der Waals surface area (Å²) in [6, 6.07) is 14.9. The molecule has 4 aromatic heterocycles. The number of likely N-dealkylation sites (N-methyl/N-ethyl adjacent to an activating group) is 1. The van der Waals surface area contributed by atoms with Gasteiger partial charge in [0.1, 0.15) is 0 Å². The van der Waals surface area contributed by atoms with Gasteiger partial charge in [0, 0.05) is 56.0 Å². The van der Waals surface area contributed by atoms with Gasteiger partial charge in [-0.1, -0.05) is 18.2 Å². The van der Waals surface area contributed by atoms with E-state index in [0.717, 1.165) is 59.9 Å². The van der Waals surface area contributed by atoms with Gasteiger partial charge < -0.3 is 24.8 Å². The second-order valence-corrected chi connectivity index (χ2v) is 11.3. The number of halogens is 12. The summed E-state index contributed by atoms with van der Waals surface area (Å²) in [7, 11) is 2.20. The van der Waals surface area contributed by atoms with E-state index in [1.807, 2.05) is 31.6 Å². The SMILES string of the molecule is Cc1cccc(CN2CCN(C)C(c3ncn4cc(-c5cccnc5)ccc34)C2)n1.O=C(O)C(F)(F)F.O=C(O)C(F)(F)F.O=C(O)C(F)(F)F.O=C(O)C(F)(F)F. The Morgan fingerprint density at radius 3 is 1.64 bits per heavy atom. The van der Waals surface area contributed by atoms with Crippen molar-refractivity contribution in [2.45, 2.75) is 44.2 Å². The highest BCUT2D eigenvalue weighted by atomic mass is 19.4. The molecular formula is C32H30F12N6O8. The summed E-state index contributed by atoms with van der Waals surface area (Å²) >= 11 is 0. The van der Waals surface area contributed by atoms with E-state index in [-0.39, 0.29) is 6.04 Å². The molecule has 1 unspecified atom stereocenters. The first-order valence-electron chi connectivity index (χ1n) is 15.4. The number of imidazole rings is 1. The first-order chi connectivity index (χ1) is 26.4. The molecule has 5 rings (SSSR count). The van der Waals surface area contributed by atoms with Crippen molar-refractivity contribution in [1.82, 2.24) is 29.2 Å². The van der Waals surface area contributed by atoms with E-state index in [2.05, 4.69) is 67.7 Å². The lowest BCUT2D eigenvalue weighted by atomic mass is 10.1. The maximum atomic E-state index is 10.6. The van der Waals surface area contributed by atoms with Crippen LogP contribution in [0.15, 0.2) is 67.4 Å². The average molecular weight is 855 g/mol. The minimum absolute atomic E-state index is 0.262. The van der Waals surface area contributed by atoms with Gasteiger partial charge in [0.15, 0.2) is 0 Å². The van der Waals surface area contributed by atoms with Crippen molar-refractivity contribution < 1.29 is 92.3 Å². The molecule has 14 nitrogen and oxygen atoms in total. The molecule has 0 aliphatic carbocycles. The zero-order valence-electron chi connectivity index (χ0n) is 29.4. The average Bonchev–Trinajstić information content (AvgIpc) is 3.52. The van der Waals surface area contributed by atoms with Crippen molar-refractivity contribution >= 4 is 29.4 Å². The number of nitrogens with zero attached hydrogens (tertiary/aromatic N) is 6. The standard InChI is InChI=1S/C24H26N6.4C2HF3O2/c1-18-5-3-7-21(27-18)15-29-12-11-28(2)23(16-29)24-22-9-8-20(14-30(22)17-26-24)19-6-4-10-25-13-19;4*3-2(4,5)1(6)7/h3-10,13-14,17,23H,11-12,15-16H2,1-2H3;4*(H,6,7). The Kier molecular flexibility index (Phi) is 18.0. The first kappa shape index (κ1) is 50.0. The van der Waals surface area contributed by atoms with Crippen molar-refractivity contribution in [3.05, 3.63) is 84.5 Å². The van der Waals surface area contributed by atoms with E-state index in [1.165, 1.54) is 0 Å². The summed E-state index contributed by atoms with van der Waals surface area (Å²) < 4.78 is 129. The highest BCUT2D eigenvalue weighted by Gasteiger charge is 2.40. The number of pyridine rings is 3. The molecule has 320 valence electrons. The largest absolute Gasteiger partial charge is 0.490 e. The van der Waals surface area contributed by atoms with Gasteiger partial charge in [0.05, 0.1) is 29.3 Å². The van der Waals surface area contributed by atoms with E-state index in [9.17, 15) is 52.7 Å². The second-order valence-electron chi connectivity index (χ2n) is 11.3. The molecule has 1 aliphatic heterocycles. The van der Waals surface area contributed by atoms with Crippen LogP contribution in [0, 0.1) is 6.92 Å². The molecule has 58 heavy (non-hydrogen) atoms. The monoisotopic (exact) mass is 854 g/mol. The zero-order valence-corrected chi connectivity index (χ0v) is 29.4. The molecule has 5 heterocycles. The predicted octanol–water partition coefficient (Wildman–Crippen LogP) is 6.12. The highest BCUT2D eigenvalue weighted by molar-refractivity contribution is 5.74. The number of rotatable bonds is 4. The molecule has 0 amide bonds. The second kappa shape index (κ2) is 20.9. The van der Waals surface area contributed by atoms with Crippen molar-refractivity contribution in [3.8, 4) is 11.1 Å². The van der Waals surface area contributed by atoms with Crippen LogP contribution >= 0.6 is 0 Å². The Labute approximate surface area is 317 Å². The van der Waals surface area contributed by atoms with Crippen LogP contribution in [0.4, 0.5) is 52.7 Å². The zero-order chi connectivity index (χ0) is 44.8. The number of carbonyl (C=O) groups is 4. The molecule has 1 saturated heterocycles. The van der Waals surface area contributed by atoms with Crippen LogP contribution in [-0.4, -0.2) is 125 Å². The third kappa shape index (κ3) is 17.4. The third-order valence-electron chi connectivity index (χ3n) is 6.90. The van der Waals surface area contributed by atoms with Crippen LogP contribution < -0.4 is 0 Å². The molecule has 4 N–H and O–H groups in total. The molecule has 26 heteroatoms. The van der Waals surface area contributed by atoms with E-state index >= 15 is 0 Å². The van der Waals surface area contributed by atoms with Gasteiger partial charge in [0.2, 0.25) is 0 Å². The Hall–Kier alpha value is -6.05. The number of carboxylic acids is 4. The van der Waals surface area contributed by atoms with Gasteiger partial charge >= 0.3 is 48.6 Å². The van der Waals surface area contributed by atoms with E-state index < -0.39 is 48.6 Å². The van der Waals surface area contributed by atoms with Gasteiger partial charge in [0.25, 0.3) is 0 Å². The third-order valence-corrected chi connectivity index (χ3v) is 6.90. The Bertz CT molecular complexity index is 1870. The van der Waals surface area contributed by atoms with Gasteiger partial charge in [-0.05, 0) is 43.8 Å². The lowest BCUT2D eigenvalue weighted by molar-refractivity contribution is -0.193. The highest BCUT2D eigenvalue weighted by Crippen LogP contribution is 2.29. The van der Waals surface area contributed by atoms with Crippen LogP contribution in [0.3, 0.4) is 0 Å². The number of alkyl halides is 12. The molecule has 0 saturated carbocycles. The van der Waals surface area contributed by atoms with Gasteiger partial charge in [-0.2, -0.15) is 52.7 Å². The molecular weight excluding hydrogens is 824 g/mol. The molecule has 1 atom stereocenters. The van der Waals surface area contributed by atoms with Crippen LogP contribution in [0.5, 0.6) is 0 Å². The Morgan fingerprint density at radius 2 is 1.21 bits per heavy atom. The normalized spacial score (nSPS) is 14.8. The summed E-state index contributed by atoms with van der Waals surface area (Å²) in [4.78, 5) is 54.2. The Balaban J connectivity index is 0.000000489. The minimum atomic E-state index is -5.08. The number of hydrogen-bond donors (Lipinski definition) is 4. The molecule has 0 aromatic carbocycles. The van der Waals surface area contributed by atoms with E-state index in [1.54, 1.807) is 6.20 Å². The topological polar surface area (TPSA) is 199 Å². The summed E-state index contributed by atoms with van der Waals surface area (Å²) in [6.07, 6.45) is -12.6. The molecule has 0 spiro atoms. The minimum Gasteiger partial charge on any atom is -0.475 e. The van der Waals surface area contributed by atoms with Crippen LogP contribution in [0.1, 0.15) is 23.1 Å². The van der Waals surface area contributed by atoms with Crippen molar-refractivity contribution in [2.24, 2.45) is 0 Å².